The number of hydrogen-bond donors (Lipinski definition) is 1. The number of H-pyrrole nitrogens is 1. The fraction of sp³-hybridized carbons (Fsp3) is 0.250. The fourth-order valence-corrected chi connectivity index (χ4v) is 1.89. The second-order valence-electron chi connectivity index (χ2n) is 3.85. The van der Waals surface area contributed by atoms with Crippen LogP contribution in [-0.4, -0.2) is 23.0 Å². The summed E-state index contributed by atoms with van der Waals surface area (Å²) in [4.78, 5) is 24.4. The molecule has 0 aliphatic heterocycles. The van der Waals surface area contributed by atoms with Crippen LogP contribution in [0.2, 0.25) is 0 Å². The molecule has 0 bridgehead atoms. The molecule has 0 aliphatic rings. The minimum absolute atomic E-state index is 0.0387. The zero-order valence-electron chi connectivity index (χ0n) is 9.80. The van der Waals surface area contributed by atoms with Gasteiger partial charge in [-0.3, -0.25) is 14.9 Å². The first-order valence-electron chi connectivity index (χ1n) is 5.43. The number of esters is 1. The van der Waals surface area contributed by atoms with E-state index in [0.29, 0.717) is 11.9 Å². The first kappa shape index (κ1) is 12.1. The number of nitrogens with zero attached hydrogens (tertiary/aromatic N) is 1. The molecule has 1 aromatic heterocycles. The predicted molar refractivity (Wildman–Crippen MR) is 65.3 cm³/mol. The highest BCUT2D eigenvalue weighted by atomic mass is 16.6. The summed E-state index contributed by atoms with van der Waals surface area (Å²) in [7, 11) is 1.34. The van der Waals surface area contributed by atoms with Crippen LogP contribution in [0, 0.1) is 10.1 Å². The number of carbonyl (C=O) groups excluding carboxylic acids is 1. The normalized spacial score (nSPS) is 10.5. The lowest BCUT2D eigenvalue weighted by molar-refractivity contribution is -0.383. The lowest BCUT2D eigenvalue weighted by atomic mass is 10.1. The van der Waals surface area contributed by atoms with Crippen LogP contribution in [0.4, 0.5) is 5.69 Å². The highest BCUT2D eigenvalue weighted by Gasteiger charge is 2.15. The van der Waals surface area contributed by atoms with Crippen molar-refractivity contribution in [3.8, 4) is 0 Å². The number of nitro groups is 1. The molecule has 1 aromatic carbocycles. The number of aryl methyl sites for hydroxylation is 1. The largest absolute Gasteiger partial charge is 0.469 e. The number of non-ortho nitro benzene ring substituents is 1. The van der Waals surface area contributed by atoms with Crippen molar-refractivity contribution >= 4 is 22.6 Å². The molecule has 0 saturated heterocycles. The Hall–Kier alpha value is -2.37. The van der Waals surface area contributed by atoms with Gasteiger partial charge in [0.1, 0.15) is 5.52 Å². The van der Waals surface area contributed by atoms with Crippen molar-refractivity contribution < 1.29 is 14.5 Å². The van der Waals surface area contributed by atoms with Gasteiger partial charge in [-0.15, -0.1) is 0 Å². The van der Waals surface area contributed by atoms with Gasteiger partial charge in [-0.1, -0.05) is 12.1 Å². The average Bonchev–Trinajstić information content (AvgIpc) is 2.78. The topological polar surface area (TPSA) is 85.2 Å². The number of rotatable bonds is 4. The monoisotopic (exact) mass is 248 g/mol. The molecule has 0 unspecified atom stereocenters. The van der Waals surface area contributed by atoms with Gasteiger partial charge in [0.05, 0.1) is 12.0 Å². The molecule has 0 amide bonds. The molecule has 0 fully saturated rings. The third-order valence-corrected chi connectivity index (χ3v) is 2.80. The highest BCUT2D eigenvalue weighted by Crippen LogP contribution is 2.27. The summed E-state index contributed by atoms with van der Waals surface area (Å²) in [5, 5.41) is 11.6. The molecule has 0 saturated carbocycles. The first-order chi connectivity index (χ1) is 8.63. The van der Waals surface area contributed by atoms with Crippen molar-refractivity contribution in [1.82, 2.24) is 4.98 Å². The van der Waals surface area contributed by atoms with E-state index in [9.17, 15) is 14.9 Å². The molecule has 94 valence electrons. The molecule has 1 N–H and O–H groups in total. The highest BCUT2D eigenvalue weighted by molar-refractivity contribution is 5.90. The van der Waals surface area contributed by atoms with Crippen LogP contribution in [0.1, 0.15) is 12.0 Å². The summed E-state index contributed by atoms with van der Waals surface area (Å²) in [6, 6.07) is 4.88. The lowest BCUT2D eigenvalue weighted by Crippen LogP contribution is -2.01. The minimum Gasteiger partial charge on any atom is -0.469 e. The van der Waals surface area contributed by atoms with E-state index in [1.54, 1.807) is 18.3 Å². The Balaban J connectivity index is 2.34. The molecule has 0 spiro atoms. The molecule has 2 rings (SSSR count). The molecule has 6 heteroatoms. The second-order valence-corrected chi connectivity index (χ2v) is 3.85. The molecule has 6 nitrogen and oxygen atoms in total. The molecule has 1 heterocycles. The van der Waals surface area contributed by atoms with E-state index in [1.807, 2.05) is 0 Å². The minimum atomic E-state index is -0.428. The van der Waals surface area contributed by atoms with Gasteiger partial charge in [0.2, 0.25) is 0 Å². The number of aromatic nitrogens is 1. The van der Waals surface area contributed by atoms with Gasteiger partial charge in [0, 0.05) is 24.1 Å². The summed E-state index contributed by atoms with van der Waals surface area (Å²) < 4.78 is 4.57. The SMILES string of the molecule is COC(=O)CCc1c[nH]c2c([N+](=O)[O-])cccc12. The maximum absolute atomic E-state index is 11.1. The number of aromatic amines is 1. The van der Waals surface area contributed by atoms with Crippen LogP contribution in [0.25, 0.3) is 10.9 Å². The second kappa shape index (κ2) is 4.87. The predicted octanol–water partition coefficient (Wildman–Crippen LogP) is 2.18. The van der Waals surface area contributed by atoms with Crippen molar-refractivity contribution in [1.29, 1.82) is 0 Å². The number of benzene rings is 1. The summed E-state index contributed by atoms with van der Waals surface area (Å²) in [6.07, 6.45) is 2.45. The Morgan fingerprint density at radius 1 is 1.50 bits per heavy atom. The van der Waals surface area contributed by atoms with Gasteiger partial charge in [-0.25, -0.2) is 0 Å². The number of carbonyl (C=O) groups is 1. The molecule has 0 atom stereocenters. The third kappa shape index (κ3) is 2.17. The summed E-state index contributed by atoms with van der Waals surface area (Å²) in [5.74, 6) is -0.296. The molecular weight excluding hydrogens is 236 g/mol. The zero-order chi connectivity index (χ0) is 13.1. The van der Waals surface area contributed by atoms with E-state index in [1.165, 1.54) is 13.2 Å². The van der Waals surface area contributed by atoms with Gasteiger partial charge in [0.25, 0.3) is 5.69 Å². The van der Waals surface area contributed by atoms with Gasteiger partial charge in [-0.05, 0) is 12.0 Å². The molecular formula is C12H12N2O4. The van der Waals surface area contributed by atoms with Crippen molar-refractivity contribution in [3.05, 3.63) is 40.1 Å². The Morgan fingerprint density at radius 2 is 2.28 bits per heavy atom. The third-order valence-electron chi connectivity index (χ3n) is 2.80. The van der Waals surface area contributed by atoms with E-state index in [-0.39, 0.29) is 18.1 Å². The van der Waals surface area contributed by atoms with E-state index in [4.69, 9.17) is 0 Å². The Morgan fingerprint density at radius 3 is 2.94 bits per heavy atom. The van der Waals surface area contributed by atoms with Gasteiger partial charge in [0.15, 0.2) is 0 Å². The number of methoxy groups -OCH3 is 1. The summed E-state index contributed by atoms with van der Waals surface area (Å²) in [6.45, 7) is 0. The maximum atomic E-state index is 11.1. The maximum Gasteiger partial charge on any atom is 0.305 e. The first-order valence-corrected chi connectivity index (χ1v) is 5.43. The Labute approximate surface area is 103 Å². The van der Waals surface area contributed by atoms with Crippen molar-refractivity contribution in [3.63, 3.8) is 0 Å². The van der Waals surface area contributed by atoms with Gasteiger partial charge in [-0.2, -0.15) is 0 Å². The summed E-state index contributed by atoms with van der Waals surface area (Å²) in [5.41, 5.74) is 1.40. The number of para-hydroxylation sites is 1. The van der Waals surface area contributed by atoms with Crippen LogP contribution in [0.3, 0.4) is 0 Å². The fourth-order valence-electron chi connectivity index (χ4n) is 1.89. The van der Waals surface area contributed by atoms with Crippen molar-refractivity contribution in [2.45, 2.75) is 12.8 Å². The molecule has 0 radical (unpaired) electrons. The van der Waals surface area contributed by atoms with Crippen LogP contribution in [0.5, 0.6) is 0 Å². The van der Waals surface area contributed by atoms with E-state index in [0.717, 1.165) is 10.9 Å². The number of ether oxygens (including phenoxy) is 1. The lowest BCUT2D eigenvalue weighted by Gasteiger charge is -1.99. The Bertz CT molecular complexity index is 603. The number of fused-ring (bicyclic) bond motifs is 1. The average molecular weight is 248 g/mol. The molecule has 18 heavy (non-hydrogen) atoms. The molecule has 0 aliphatic carbocycles. The number of hydrogen-bond acceptors (Lipinski definition) is 4. The zero-order valence-corrected chi connectivity index (χ0v) is 9.80. The molecule has 2 aromatic rings. The quantitative estimate of drug-likeness (QED) is 0.510. The standard InChI is InChI=1S/C12H12N2O4/c1-18-11(15)6-5-8-7-13-12-9(8)3-2-4-10(12)14(16)17/h2-4,7,13H,5-6H2,1H3. The van der Waals surface area contributed by atoms with Gasteiger partial charge >= 0.3 is 5.97 Å². The number of nitrogens with one attached hydrogen (secondary N) is 1. The van der Waals surface area contributed by atoms with E-state index < -0.39 is 4.92 Å². The van der Waals surface area contributed by atoms with Crippen LogP contribution in [0.15, 0.2) is 24.4 Å². The van der Waals surface area contributed by atoms with E-state index >= 15 is 0 Å². The smallest absolute Gasteiger partial charge is 0.305 e. The van der Waals surface area contributed by atoms with Crippen LogP contribution < -0.4 is 0 Å². The van der Waals surface area contributed by atoms with Crippen LogP contribution >= 0.6 is 0 Å². The van der Waals surface area contributed by atoms with E-state index in [2.05, 4.69) is 9.72 Å². The number of nitro benzene ring substituents is 1. The Kier molecular flexibility index (Phi) is 3.27. The van der Waals surface area contributed by atoms with Crippen molar-refractivity contribution in [2.75, 3.05) is 7.11 Å². The van der Waals surface area contributed by atoms with Crippen LogP contribution in [-0.2, 0) is 16.0 Å². The van der Waals surface area contributed by atoms with Crippen molar-refractivity contribution in [2.24, 2.45) is 0 Å². The summed E-state index contributed by atoms with van der Waals surface area (Å²) >= 11 is 0. The van der Waals surface area contributed by atoms with Gasteiger partial charge < -0.3 is 9.72 Å².